The van der Waals surface area contributed by atoms with Gasteiger partial charge in [-0.05, 0) is 37.0 Å². The minimum absolute atomic E-state index is 0.315. The number of nitrogens with one attached hydrogen (secondary N) is 1. The van der Waals surface area contributed by atoms with Crippen molar-refractivity contribution in [2.45, 2.75) is 39.2 Å². The smallest absolute Gasteiger partial charge is 0.0441 e. The van der Waals surface area contributed by atoms with Gasteiger partial charge in [-0.2, -0.15) is 0 Å². The molecule has 0 heterocycles. The Labute approximate surface area is 96.8 Å². The molecule has 3 N–H and O–H groups in total. The van der Waals surface area contributed by atoms with Crippen LogP contribution in [0.25, 0.3) is 0 Å². The third-order valence-electron chi connectivity index (χ3n) is 2.55. The van der Waals surface area contributed by atoms with Gasteiger partial charge in [-0.3, -0.25) is 11.3 Å². The Balaban J connectivity index is 2.70. The third-order valence-corrected chi connectivity index (χ3v) is 2.90. The normalized spacial score (nSPS) is 12.8. The largest absolute Gasteiger partial charge is 0.271 e. The maximum absolute atomic E-state index is 6.16. The number of benzene rings is 1. The van der Waals surface area contributed by atoms with Crippen LogP contribution in [0.15, 0.2) is 18.2 Å². The van der Waals surface area contributed by atoms with Crippen LogP contribution in [0.1, 0.15) is 30.9 Å². The molecule has 1 rings (SSSR count). The molecule has 0 saturated carbocycles. The van der Waals surface area contributed by atoms with Crippen molar-refractivity contribution in [3.05, 3.63) is 34.3 Å². The molecule has 0 aliphatic heterocycles. The molecule has 3 heteroatoms. The average Bonchev–Trinajstić information content (AvgIpc) is 2.21. The summed E-state index contributed by atoms with van der Waals surface area (Å²) in [6.07, 6.45) is 3.09. The molecule has 2 nitrogen and oxygen atoms in total. The fraction of sp³-hybridized carbons (Fsp3) is 0.500. The van der Waals surface area contributed by atoms with E-state index in [1.807, 2.05) is 13.0 Å². The van der Waals surface area contributed by atoms with Gasteiger partial charge < -0.3 is 0 Å². The van der Waals surface area contributed by atoms with Crippen LogP contribution in [-0.4, -0.2) is 6.04 Å². The topological polar surface area (TPSA) is 38.0 Å². The van der Waals surface area contributed by atoms with Crippen LogP contribution >= 0.6 is 11.6 Å². The molecule has 1 aromatic rings. The Morgan fingerprint density at radius 3 is 2.73 bits per heavy atom. The highest BCUT2D eigenvalue weighted by Crippen LogP contribution is 2.19. The minimum atomic E-state index is 0.315. The highest BCUT2D eigenvalue weighted by molar-refractivity contribution is 6.31. The lowest BCUT2D eigenvalue weighted by Gasteiger charge is -2.15. The van der Waals surface area contributed by atoms with E-state index in [9.17, 15) is 0 Å². The molecule has 1 aromatic carbocycles. The highest BCUT2D eigenvalue weighted by Gasteiger charge is 2.08. The van der Waals surface area contributed by atoms with E-state index in [0.717, 1.165) is 24.3 Å². The summed E-state index contributed by atoms with van der Waals surface area (Å²) in [4.78, 5) is 0. The van der Waals surface area contributed by atoms with E-state index in [1.54, 1.807) is 0 Å². The first-order valence-corrected chi connectivity index (χ1v) is 5.76. The lowest BCUT2D eigenvalue weighted by Crippen LogP contribution is -2.36. The van der Waals surface area contributed by atoms with Gasteiger partial charge in [0.05, 0.1) is 0 Å². The fourth-order valence-corrected chi connectivity index (χ4v) is 1.99. The summed E-state index contributed by atoms with van der Waals surface area (Å²) in [5.41, 5.74) is 5.19. The molecule has 1 atom stereocenters. The number of nitrogens with two attached hydrogens (primary N) is 1. The molecular weight excluding hydrogens is 208 g/mol. The molecule has 0 aliphatic carbocycles. The Hall–Kier alpha value is -0.570. The van der Waals surface area contributed by atoms with Crippen LogP contribution in [0.3, 0.4) is 0 Å². The van der Waals surface area contributed by atoms with E-state index in [2.05, 4.69) is 24.5 Å². The van der Waals surface area contributed by atoms with Crippen molar-refractivity contribution in [2.75, 3.05) is 0 Å². The van der Waals surface area contributed by atoms with Crippen LogP contribution in [0.2, 0.25) is 5.02 Å². The van der Waals surface area contributed by atoms with Crippen LogP contribution in [0, 0.1) is 6.92 Å². The van der Waals surface area contributed by atoms with Gasteiger partial charge >= 0.3 is 0 Å². The summed E-state index contributed by atoms with van der Waals surface area (Å²) >= 11 is 6.16. The summed E-state index contributed by atoms with van der Waals surface area (Å²) in [5.74, 6) is 5.49. The van der Waals surface area contributed by atoms with Crippen molar-refractivity contribution < 1.29 is 0 Å². The maximum Gasteiger partial charge on any atom is 0.0441 e. The van der Waals surface area contributed by atoms with Crippen LogP contribution in [0.5, 0.6) is 0 Å². The van der Waals surface area contributed by atoms with Gasteiger partial charge in [-0.15, -0.1) is 0 Å². The summed E-state index contributed by atoms with van der Waals surface area (Å²) in [7, 11) is 0. The van der Waals surface area contributed by atoms with Gasteiger partial charge in [-0.1, -0.05) is 37.1 Å². The minimum Gasteiger partial charge on any atom is -0.271 e. The van der Waals surface area contributed by atoms with E-state index < -0.39 is 0 Å². The zero-order valence-corrected chi connectivity index (χ0v) is 10.1. The summed E-state index contributed by atoms with van der Waals surface area (Å²) in [6, 6.07) is 6.48. The van der Waals surface area contributed by atoms with Gasteiger partial charge in [0.1, 0.15) is 0 Å². The molecule has 0 radical (unpaired) electrons. The third kappa shape index (κ3) is 3.82. The second-order valence-corrected chi connectivity index (χ2v) is 4.36. The number of hydrogen-bond donors (Lipinski definition) is 2. The second kappa shape index (κ2) is 6.11. The van der Waals surface area contributed by atoms with Crippen molar-refractivity contribution in [2.24, 2.45) is 5.84 Å². The zero-order chi connectivity index (χ0) is 11.3. The Morgan fingerprint density at radius 1 is 1.47 bits per heavy atom. The first-order chi connectivity index (χ1) is 7.17. The SMILES string of the molecule is CCCC(Cc1ccc(C)cc1Cl)NN. The van der Waals surface area contributed by atoms with E-state index in [0.29, 0.717) is 6.04 Å². The van der Waals surface area contributed by atoms with E-state index >= 15 is 0 Å². The predicted molar refractivity (Wildman–Crippen MR) is 65.9 cm³/mol. The van der Waals surface area contributed by atoms with Gasteiger partial charge in [0.25, 0.3) is 0 Å². The zero-order valence-electron chi connectivity index (χ0n) is 9.39. The first kappa shape index (κ1) is 12.5. The quantitative estimate of drug-likeness (QED) is 0.599. The van der Waals surface area contributed by atoms with Crippen molar-refractivity contribution in [1.82, 2.24) is 5.43 Å². The van der Waals surface area contributed by atoms with Gasteiger partial charge in [-0.25, -0.2) is 0 Å². The molecule has 1 unspecified atom stereocenters. The molecule has 0 bridgehead atoms. The molecule has 15 heavy (non-hydrogen) atoms. The molecule has 0 fully saturated rings. The van der Waals surface area contributed by atoms with Crippen molar-refractivity contribution in [3.8, 4) is 0 Å². The van der Waals surface area contributed by atoms with Crippen LogP contribution in [0.4, 0.5) is 0 Å². The molecule has 0 aliphatic rings. The van der Waals surface area contributed by atoms with Crippen LogP contribution < -0.4 is 11.3 Å². The molecule has 0 aromatic heterocycles. The van der Waals surface area contributed by atoms with Gasteiger partial charge in [0.2, 0.25) is 0 Å². The number of hydrogen-bond acceptors (Lipinski definition) is 2. The van der Waals surface area contributed by atoms with E-state index in [1.165, 1.54) is 11.1 Å². The predicted octanol–water partition coefficient (Wildman–Crippen LogP) is 2.82. The average molecular weight is 227 g/mol. The monoisotopic (exact) mass is 226 g/mol. The maximum atomic E-state index is 6.16. The molecular formula is C12H19ClN2. The highest BCUT2D eigenvalue weighted by atomic mass is 35.5. The van der Waals surface area contributed by atoms with Gasteiger partial charge in [0, 0.05) is 11.1 Å². The Morgan fingerprint density at radius 2 is 2.20 bits per heavy atom. The van der Waals surface area contributed by atoms with Crippen molar-refractivity contribution in [1.29, 1.82) is 0 Å². The molecule has 0 spiro atoms. The Kier molecular flexibility index (Phi) is 5.09. The number of rotatable bonds is 5. The number of halogens is 1. The number of aryl methyl sites for hydroxylation is 1. The Bertz CT molecular complexity index is 312. The molecule has 84 valence electrons. The van der Waals surface area contributed by atoms with E-state index in [-0.39, 0.29) is 0 Å². The van der Waals surface area contributed by atoms with E-state index in [4.69, 9.17) is 17.4 Å². The first-order valence-electron chi connectivity index (χ1n) is 5.38. The standard InChI is InChI=1S/C12H19ClN2/c1-3-4-11(15-14)8-10-6-5-9(2)7-12(10)13/h5-7,11,15H,3-4,8,14H2,1-2H3. The van der Waals surface area contributed by atoms with Crippen LogP contribution in [-0.2, 0) is 6.42 Å². The lowest BCUT2D eigenvalue weighted by atomic mass is 10.0. The summed E-state index contributed by atoms with van der Waals surface area (Å²) in [6.45, 7) is 4.20. The lowest BCUT2D eigenvalue weighted by molar-refractivity contribution is 0.486. The van der Waals surface area contributed by atoms with Crippen molar-refractivity contribution in [3.63, 3.8) is 0 Å². The fourth-order valence-electron chi connectivity index (χ4n) is 1.68. The van der Waals surface area contributed by atoms with Crippen molar-refractivity contribution >= 4 is 11.6 Å². The molecule has 0 saturated heterocycles. The number of hydrazine groups is 1. The molecule has 0 amide bonds. The van der Waals surface area contributed by atoms with Gasteiger partial charge in [0.15, 0.2) is 0 Å². The second-order valence-electron chi connectivity index (χ2n) is 3.95. The summed E-state index contributed by atoms with van der Waals surface area (Å²) < 4.78 is 0. The summed E-state index contributed by atoms with van der Waals surface area (Å²) in [5, 5.41) is 0.839.